The van der Waals surface area contributed by atoms with Crippen molar-refractivity contribution < 1.29 is 0 Å². The molecule has 0 aliphatic heterocycles. The molecule has 0 amide bonds. The van der Waals surface area contributed by atoms with Gasteiger partial charge in [-0.3, -0.25) is 15.0 Å². The second-order valence-electron chi connectivity index (χ2n) is 9.73. The van der Waals surface area contributed by atoms with Crippen molar-refractivity contribution in [1.82, 2.24) is 29.9 Å². The van der Waals surface area contributed by atoms with Crippen LogP contribution in [0.15, 0.2) is 146 Å². The molecule has 0 fully saturated rings. The normalized spacial score (nSPS) is 10.9. The Kier molecular flexibility index (Phi) is 6.76. The standard InChI is InChI=1S/C36H24N6/c1-4-31(25-10-16-37-17-11-25)40-34(7-1)28-22-29(35-8-2-5-32(41-35)26-12-18-38-19-13-26)24-30(23-28)36-9-3-6-33(42-36)27-14-20-39-21-15-27/h1-24H. The van der Waals surface area contributed by atoms with Gasteiger partial charge in [0.1, 0.15) is 0 Å². The number of benzene rings is 1. The first-order chi connectivity index (χ1) is 20.8. The lowest BCUT2D eigenvalue weighted by atomic mass is 9.98. The Labute approximate surface area is 243 Å². The number of rotatable bonds is 6. The highest BCUT2D eigenvalue weighted by Gasteiger charge is 2.13. The first-order valence-electron chi connectivity index (χ1n) is 13.6. The molecule has 0 aliphatic rings. The van der Waals surface area contributed by atoms with E-state index in [-0.39, 0.29) is 0 Å². The molecule has 6 nitrogen and oxygen atoms in total. The van der Waals surface area contributed by atoms with Gasteiger partial charge in [-0.25, -0.2) is 15.0 Å². The Hall–Kier alpha value is -5.88. The van der Waals surface area contributed by atoms with E-state index in [1.165, 1.54) is 0 Å². The van der Waals surface area contributed by atoms with Gasteiger partial charge in [-0.2, -0.15) is 0 Å². The molecular weight excluding hydrogens is 516 g/mol. The molecule has 42 heavy (non-hydrogen) atoms. The van der Waals surface area contributed by atoms with E-state index in [4.69, 9.17) is 15.0 Å². The van der Waals surface area contributed by atoms with Gasteiger partial charge in [0.2, 0.25) is 0 Å². The van der Waals surface area contributed by atoms with Crippen LogP contribution in [0.25, 0.3) is 67.5 Å². The van der Waals surface area contributed by atoms with Crippen LogP contribution in [0, 0.1) is 0 Å². The van der Waals surface area contributed by atoms with Gasteiger partial charge in [0, 0.05) is 70.6 Å². The fourth-order valence-electron chi connectivity index (χ4n) is 4.91. The van der Waals surface area contributed by atoms with Crippen molar-refractivity contribution in [3.05, 3.63) is 146 Å². The summed E-state index contributed by atoms with van der Waals surface area (Å²) in [5.41, 5.74) is 11.2. The van der Waals surface area contributed by atoms with Gasteiger partial charge in [-0.15, -0.1) is 0 Å². The third-order valence-corrected chi connectivity index (χ3v) is 7.00. The Morgan fingerprint density at radius 3 is 0.762 bits per heavy atom. The number of hydrogen-bond donors (Lipinski definition) is 0. The van der Waals surface area contributed by atoms with Crippen LogP contribution in [-0.2, 0) is 0 Å². The van der Waals surface area contributed by atoms with Crippen molar-refractivity contribution in [2.24, 2.45) is 0 Å². The van der Waals surface area contributed by atoms with E-state index >= 15 is 0 Å². The average Bonchev–Trinajstić information content (AvgIpc) is 3.09. The maximum Gasteiger partial charge on any atom is 0.0710 e. The molecule has 6 aromatic heterocycles. The number of pyridine rings is 6. The average molecular weight is 541 g/mol. The van der Waals surface area contributed by atoms with Crippen LogP contribution in [0.3, 0.4) is 0 Å². The Morgan fingerprint density at radius 1 is 0.262 bits per heavy atom. The van der Waals surface area contributed by atoms with E-state index in [9.17, 15) is 0 Å². The van der Waals surface area contributed by atoms with Gasteiger partial charge in [-0.05, 0) is 91.0 Å². The van der Waals surface area contributed by atoms with E-state index in [1.807, 2.05) is 91.0 Å². The third-order valence-electron chi connectivity index (χ3n) is 7.00. The summed E-state index contributed by atoms with van der Waals surface area (Å²) in [6.45, 7) is 0. The maximum atomic E-state index is 5.03. The van der Waals surface area contributed by atoms with E-state index < -0.39 is 0 Å². The van der Waals surface area contributed by atoms with Gasteiger partial charge in [0.25, 0.3) is 0 Å². The van der Waals surface area contributed by atoms with Crippen molar-refractivity contribution in [2.45, 2.75) is 0 Å². The second-order valence-corrected chi connectivity index (χ2v) is 9.73. The van der Waals surface area contributed by atoms with Crippen molar-refractivity contribution in [3.8, 4) is 67.5 Å². The molecule has 6 heteroatoms. The zero-order valence-electron chi connectivity index (χ0n) is 22.5. The number of hydrogen-bond acceptors (Lipinski definition) is 6. The zero-order valence-corrected chi connectivity index (χ0v) is 22.5. The fourth-order valence-corrected chi connectivity index (χ4v) is 4.91. The van der Waals surface area contributed by atoms with Crippen molar-refractivity contribution in [3.63, 3.8) is 0 Å². The lowest BCUT2D eigenvalue weighted by molar-refractivity contribution is 1.27. The molecule has 6 heterocycles. The Balaban J connectivity index is 1.38. The molecule has 0 bridgehead atoms. The predicted molar refractivity (Wildman–Crippen MR) is 166 cm³/mol. The first-order valence-corrected chi connectivity index (χ1v) is 13.6. The molecule has 198 valence electrons. The van der Waals surface area contributed by atoms with E-state index in [2.05, 4.69) is 33.2 Å². The molecular formula is C36H24N6. The second kappa shape index (κ2) is 11.3. The first kappa shape index (κ1) is 25.1. The third kappa shape index (κ3) is 5.29. The summed E-state index contributed by atoms with van der Waals surface area (Å²) >= 11 is 0. The lowest BCUT2D eigenvalue weighted by Gasteiger charge is -2.12. The van der Waals surface area contributed by atoms with Gasteiger partial charge < -0.3 is 0 Å². The van der Waals surface area contributed by atoms with Gasteiger partial charge in [0.05, 0.1) is 34.2 Å². The van der Waals surface area contributed by atoms with Crippen LogP contribution in [-0.4, -0.2) is 29.9 Å². The van der Waals surface area contributed by atoms with E-state index in [0.29, 0.717) is 0 Å². The van der Waals surface area contributed by atoms with Gasteiger partial charge >= 0.3 is 0 Å². The molecule has 0 saturated heterocycles. The van der Waals surface area contributed by atoms with Crippen molar-refractivity contribution in [2.75, 3.05) is 0 Å². The van der Waals surface area contributed by atoms with E-state index in [1.54, 1.807) is 37.2 Å². The summed E-state index contributed by atoms with van der Waals surface area (Å²) < 4.78 is 0. The van der Waals surface area contributed by atoms with E-state index in [0.717, 1.165) is 67.5 Å². The monoisotopic (exact) mass is 540 g/mol. The van der Waals surface area contributed by atoms with Gasteiger partial charge in [0.15, 0.2) is 0 Å². The molecule has 0 radical (unpaired) electrons. The number of nitrogens with zero attached hydrogens (tertiary/aromatic N) is 6. The summed E-state index contributed by atoms with van der Waals surface area (Å²) in [4.78, 5) is 27.5. The maximum absolute atomic E-state index is 5.03. The van der Waals surface area contributed by atoms with Crippen LogP contribution in [0.2, 0.25) is 0 Å². The van der Waals surface area contributed by atoms with Crippen molar-refractivity contribution >= 4 is 0 Å². The topological polar surface area (TPSA) is 77.3 Å². The summed E-state index contributed by atoms with van der Waals surface area (Å²) in [7, 11) is 0. The highest BCUT2D eigenvalue weighted by atomic mass is 14.7. The fraction of sp³-hybridized carbons (Fsp3) is 0. The minimum absolute atomic E-state index is 0.864. The smallest absolute Gasteiger partial charge is 0.0710 e. The number of aromatic nitrogens is 6. The summed E-state index contributed by atoms with van der Waals surface area (Å²) in [5.74, 6) is 0. The Morgan fingerprint density at radius 2 is 0.500 bits per heavy atom. The van der Waals surface area contributed by atoms with Crippen molar-refractivity contribution in [1.29, 1.82) is 0 Å². The Bertz CT molecular complexity index is 1730. The van der Waals surface area contributed by atoms with Crippen LogP contribution in [0.1, 0.15) is 0 Å². The molecule has 0 saturated carbocycles. The van der Waals surface area contributed by atoms with Crippen LogP contribution < -0.4 is 0 Å². The largest absolute Gasteiger partial charge is 0.265 e. The van der Waals surface area contributed by atoms with Crippen LogP contribution >= 0.6 is 0 Å². The molecule has 1 aromatic carbocycles. The molecule has 7 rings (SSSR count). The summed E-state index contributed by atoms with van der Waals surface area (Å²) in [6, 6.07) is 36.5. The SMILES string of the molecule is c1cc(-c2ccncc2)nc(-c2cc(-c3cccc(-c4ccncc4)n3)cc(-c3cccc(-c4ccncc4)n3)c2)c1. The lowest BCUT2D eigenvalue weighted by Crippen LogP contribution is -1.94. The molecule has 0 N–H and O–H groups in total. The zero-order chi connectivity index (χ0) is 28.1. The minimum atomic E-state index is 0.864. The van der Waals surface area contributed by atoms with Crippen LogP contribution in [0.5, 0.6) is 0 Å². The summed E-state index contributed by atoms with van der Waals surface area (Å²) in [6.07, 6.45) is 10.7. The molecule has 0 unspecified atom stereocenters. The molecule has 7 aromatic rings. The molecule has 0 atom stereocenters. The molecule has 0 spiro atoms. The summed E-state index contributed by atoms with van der Waals surface area (Å²) in [5, 5.41) is 0. The quantitative estimate of drug-likeness (QED) is 0.212. The minimum Gasteiger partial charge on any atom is -0.265 e. The molecule has 0 aliphatic carbocycles. The van der Waals surface area contributed by atoms with Crippen LogP contribution in [0.4, 0.5) is 0 Å². The highest BCUT2D eigenvalue weighted by Crippen LogP contribution is 2.33. The predicted octanol–water partition coefficient (Wildman–Crippen LogP) is 8.06. The highest BCUT2D eigenvalue weighted by molar-refractivity contribution is 5.80. The van der Waals surface area contributed by atoms with Gasteiger partial charge in [-0.1, -0.05) is 18.2 Å².